The number of rotatable bonds is 7. The number of hydrogen-bond donors (Lipinski definition) is 2. The second kappa shape index (κ2) is 7.89. The average molecular weight is 315 g/mol. The zero-order chi connectivity index (χ0) is 13.5. The van der Waals surface area contributed by atoms with Crippen molar-refractivity contribution < 1.29 is 5.11 Å². The van der Waals surface area contributed by atoms with E-state index in [0.717, 1.165) is 17.4 Å². The summed E-state index contributed by atoms with van der Waals surface area (Å²) in [7, 11) is 0. The fourth-order valence-electron chi connectivity index (χ4n) is 2.23. The second-order valence-electron chi connectivity index (χ2n) is 4.42. The van der Waals surface area contributed by atoms with E-state index in [0.29, 0.717) is 6.54 Å². The van der Waals surface area contributed by atoms with Crippen molar-refractivity contribution in [3.63, 3.8) is 0 Å². The summed E-state index contributed by atoms with van der Waals surface area (Å²) in [6.07, 6.45) is 0.919. The third-order valence-corrected chi connectivity index (χ3v) is 3.80. The second-order valence-corrected chi connectivity index (χ2v) is 5.34. The minimum absolute atomic E-state index is 0.0812. The van der Waals surface area contributed by atoms with Gasteiger partial charge in [0.05, 0.1) is 6.61 Å². The first-order valence-corrected chi connectivity index (χ1v) is 7.29. The minimum atomic E-state index is 0.0812. The summed E-state index contributed by atoms with van der Waals surface area (Å²) in [6, 6.07) is 8.53. The topological polar surface area (TPSA) is 49.5 Å². The molecule has 0 fully saturated rings. The Kier molecular flexibility index (Phi) is 6.86. The lowest BCUT2D eigenvalue weighted by molar-refractivity contribution is 0.138. The highest BCUT2D eigenvalue weighted by molar-refractivity contribution is 9.10. The molecule has 3 nitrogen and oxygen atoms in total. The number of nitrogens with two attached hydrogens (primary N) is 1. The van der Waals surface area contributed by atoms with Crippen molar-refractivity contribution >= 4 is 15.9 Å². The maximum Gasteiger partial charge on any atom is 0.0558 e. The summed E-state index contributed by atoms with van der Waals surface area (Å²) in [5.74, 6) is 0. The van der Waals surface area contributed by atoms with Crippen LogP contribution in [0.2, 0.25) is 0 Å². The Morgan fingerprint density at radius 3 is 2.33 bits per heavy atom. The molecule has 1 aromatic rings. The maximum absolute atomic E-state index is 9.17. The number of nitrogens with zero attached hydrogens (tertiary/aromatic N) is 1. The molecule has 2 atom stereocenters. The van der Waals surface area contributed by atoms with E-state index in [1.165, 1.54) is 5.56 Å². The van der Waals surface area contributed by atoms with E-state index in [1.807, 2.05) is 12.1 Å². The first-order valence-electron chi connectivity index (χ1n) is 6.50. The van der Waals surface area contributed by atoms with Crippen LogP contribution in [0, 0.1) is 0 Å². The molecule has 18 heavy (non-hydrogen) atoms. The summed E-state index contributed by atoms with van der Waals surface area (Å²) in [5, 5.41) is 9.17. The first-order chi connectivity index (χ1) is 8.63. The molecule has 2 unspecified atom stereocenters. The van der Waals surface area contributed by atoms with Crippen molar-refractivity contribution in [1.29, 1.82) is 0 Å². The van der Waals surface area contributed by atoms with Gasteiger partial charge < -0.3 is 10.8 Å². The van der Waals surface area contributed by atoms with Crippen LogP contribution in [0.1, 0.15) is 31.9 Å². The molecule has 0 spiro atoms. The average Bonchev–Trinajstić information content (AvgIpc) is 2.39. The molecule has 0 saturated heterocycles. The van der Waals surface area contributed by atoms with Crippen LogP contribution in [0.15, 0.2) is 28.7 Å². The van der Waals surface area contributed by atoms with Gasteiger partial charge in [-0.1, -0.05) is 41.9 Å². The SMILES string of the molecule is CCC(N)C(c1ccc(Br)cc1)N(CC)CCO. The molecule has 0 aliphatic heterocycles. The Morgan fingerprint density at radius 1 is 1.28 bits per heavy atom. The quantitative estimate of drug-likeness (QED) is 0.813. The van der Waals surface area contributed by atoms with Crippen LogP contribution < -0.4 is 5.73 Å². The van der Waals surface area contributed by atoms with Gasteiger partial charge in [0.25, 0.3) is 0 Å². The van der Waals surface area contributed by atoms with Gasteiger partial charge in [-0.05, 0) is 30.7 Å². The van der Waals surface area contributed by atoms with Gasteiger partial charge in [-0.25, -0.2) is 0 Å². The van der Waals surface area contributed by atoms with Crippen molar-refractivity contribution in [3.8, 4) is 0 Å². The molecular formula is C14H23BrN2O. The van der Waals surface area contributed by atoms with Gasteiger partial charge in [0.15, 0.2) is 0 Å². The van der Waals surface area contributed by atoms with Crippen molar-refractivity contribution in [2.24, 2.45) is 5.73 Å². The van der Waals surface area contributed by atoms with Gasteiger partial charge in [0, 0.05) is 23.1 Å². The lowest BCUT2D eigenvalue weighted by atomic mass is 9.96. The van der Waals surface area contributed by atoms with E-state index in [-0.39, 0.29) is 18.7 Å². The Balaban J connectivity index is 2.99. The predicted octanol–water partition coefficient (Wildman–Crippen LogP) is 2.54. The largest absolute Gasteiger partial charge is 0.395 e. The highest BCUT2D eigenvalue weighted by Gasteiger charge is 2.24. The third kappa shape index (κ3) is 4.05. The van der Waals surface area contributed by atoms with Gasteiger partial charge >= 0.3 is 0 Å². The van der Waals surface area contributed by atoms with E-state index < -0.39 is 0 Å². The van der Waals surface area contributed by atoms with Gasteiger partial charge in [0.1, 0.15) is 0 Å². The van der Waals surface area contributed by atoms with Gasteiger partial charge in [-0.15, -0.1) is 0 Å². The number of likely N-dealkylation sites (N-methyl/N-ethyl adjacent to an activating group) is 1. The third-order valence-electron chi connectivity index (χ3n) is 3.28. The summed E-state index contributed by atoms with van der Waals surface area (Å²) >= 11 is 3.45. The number of aliphatic hydroxyl groups excluding tert-OH is 1. The summed E-state index contributed by atoms with van der Waals surface area (Å²) < 4.78 is 1.07. The van der Waals surface area contributed by atoms with E-state index in [2.05, 4.69) is 46.8 Å². The molecule has 0 bridgehead atoms. The Labute approximate surface area is 118 Å². The van der Waals surface area contributed by atoms with Crippen molar-refractivity contribution in [3.05, 3.63) is 34.3 Å². The zero-order valence-electron chi connectivity index (χ0n) is 11.1. The molecule has 0 amide bonds. The molecule has 4 heteroatoms. The van der Waals surface area contributed by atoms with Crippen LogP contribution in [0.5, 0.6) is 0 Å². The van der Waals surface area contributed by atoms with Gasteiger partial charge in [-0.2, -0.15) is 0 Å². The normalized spacial score (nSPS) is 14.8. The van der Waals surface area contributed by atoms with Gasteiger partial charge in [-0.3, -0.25) is 4.90 Å². The molecule has 102 valence electrons. The number of hydrogen-bond acceptors (Lipinski definition) is 3. The molecule has 0 aromatic heterocycles. The monoisotopic (exact) mass is 314 g/mol. The van der Waals surface area contributed by atoms with Crippen LogP contribution >= 0.6 is 15.9 Å². The number of benzene rings is 1. The molecule has 0 aliphatic rings. The van der Waals surface area contributed by atoms with Crippen molar-refractivity contribution in [2.45, 2.75) is 32.4 Å². The van der Waals surface area contributed by atoms with Crippen molar-refractivity contribution in [1.82, 2.24) is 4.90 Å². The Morgan fingerprint density at radius 2 is 1.89 bits per heavy atom. The fraction of sp³-hybridized carbons (Fsp3) is 0.571. The maximum atomic E-state index is 9.17. The van der Waals surface area contributed by atoms with Crippen LogP contribution in [0.4, 0.5) is 0 Å². The van der Waals surface area contributed by atoms with Gasteiger partial charge in [0.2, 0.25) is 0 Å². The summed E-state index contributed by atoms with van der Waals surface area (Å²) in [5.41, 5.74) is 7.47. The zero-order valence-corrected chi connectivity index (χ0v) is 12.7. The fourth-order valence-corrected chi connectivity index (χ4v) is 2.50. The molecule has 1 rings (SSSR count). The minimum Gasteiger partial charge on any atom is -0.395 e. The van der Waals surface area contributed by atoms with Crippen LogP contribution in [-0.2, 0) is 0 Å². The summed E-state index contributed by atoms with van der Waals surface area (Å²) in [4.78, 5) is 2.23. The summed E-state index contributed by atoms with van der Waals surface area (Å²) in [6.45, 7) is 5.91. The molecular weight excluding hydrogens is 292 g/mol. The van der Waals surface area contributed by atoms with E-state index in [1.54, 1.807) is 0 Å². The molecule has 0 aliphatic carbocycles. The van der Waals surface area contributed by atoms with E-state index in [9.17, 15) is 5.11 Å². The Bertz CT molecular complexity index is 342. The molecule has 1 aromatic carbocycles. The first kappa shape index (κ1) is 15.6. The Hall–Kier alpha value is -0.420. The highest BCUT2D eigenvalue weighted by atomic mass is 79.9. The molecule has 0 heterocycles. The lowest BCUT2D eigenvalue weighted by Gasteiger charge is -2.34. The standard InChI is InChI=1S/C14H23BrN2O/c1-3-13(16)14(17(4-2)9-10-18)11-5-7-12(15)8-6-11/h5-8,13-14,18H,3-4,9-10,16H2,1-2H3. The van der Waals surface area contributed by atoms with Crippen LogP contribution in [0.3, 0.4) is 0 Å². The lowest BCUT2D eigenvalue weighted by Crippen LogP contribution is -2.42. The number of aliphatic hydroxyl groups is 1. The van der Waals surface area contributed by atoms with Crippen LogP contribution in [-0.4, -0.2) is 35.7 Å². The van der Waals surface area contributed by atoms with Crippen molar-refractivity contribution in [2.75, 3.05) is 19.7 Å². The molecule has 3 N–H and O–H groups in total. The highest BCUT2D eigenvalue weighted by Crippen LogP contribution is 2.26. The molecule has 0 saturated carbocycles. The van der Waals surface area contributed by atoms with E-state index >= 15 is 0 Å². The molecule has 0 radical (unpaired) electrons. The smallest absolute Gasteiger partial charge is 0.0558 e. The van der Waals surface area contributed by atoms with Crippen LogP contribution in [0.25, 0.3) is 0 Å². The number of halogens is 1. The van der Waals surface area contributed by atoms with E-state index in [4.69, 9.17) is 5.73 Å². The predicted molar refractivity (Wildman–Crippen MR) is 79.5 cm³/mol.